The van der Waals surface area contributed by atoms with Crippen LogP contribution in [0.3, 0.4) is 0 Å². The molecule has 1 aromatic heterocycles. The summed E-state index contributed by atoms with van der Waals surface area (Å²) in [7, 11) is 0. The second-order valence-electron chi connectivity index (χ2n) is 6.31. The SMILES string of the molecule is CC(=O)N(CCC(=O)Nc1cc2ccccc2cn1)NCc1ccccc1Cl. The van der Waals surface area contributed by atoms with Crippen LogP contribution in [-0.2, 0) is 16.1 Å². The molecule has 2 amide bonds. The molecule has 6 nitrogen and oxygen atoms in total. The first kappa shape index (κ1) is 19.8. The standard InChI is InChI=1S/C21H21ClN4O2/c1-15(27)26(24-14-18-8-4-5-9-19(18)22)11-10-21(28)25-20-12-16-6-2-3-7-17(16)13-23-20/h2-9,12-13,24H,10-11,14H2,1H3,(H,23,25,28). The van der Waals surface area contributed by atoms with E-state index in [1.54, 1.807) is 12.3 Å². The number of hydrazine groups is 1. The van der Waals surface area contributed by atoms with Gasteiger partial charge < -0.3 is 5.32 Å². The number of rotatable bonds is 7. The van der Waals surface area contributed by atoms with Gasteiger partial charge in [-0.3, -0.25) is 14.6 Å². The van der Waals surface area contributed by atoms with Crippen molar-refractivity contribution in [2.24, 2.45) is 0 Å². The van der Waals surface area contributed by atoms with E-state index in [4.69, 9.17) is 11.6 Å². The van der Waals surface area contributed by atoms with Gasteiger partial charge in [-0.2, -0.15) is 0 Å². The quantitative estimate of drug-likeness (QED) is 0.596. The van der Waals surface area contributed by atoms with E-state index in [1.165, 1.54) is 11.9 Å². The summed E-state index contributed by atoms with van der Waals surface area (Å²) in [5.41, 5.74) is 3.90. The second-order valence-corrected chi connectivity index (χ2v) is 6.72. The van der Waals surface area contributed by atoms with Crippen molar-refractivity contribution in [2.75, 3.05) is 11.9 Å². The summed E-state index contributed by atoms with van der Waals surface area (Å²) in [5, 5.41) is 6.82. The first-order chi connectivity index (χ1) is 13.5. The third-order valence-corrected chi connectivity index (χ3v) is 4.63. The lowest BCUT2D eigenvalue weighted by Crippen LogP contribution is -2.42. The van der Waals surface area contributed by atoms with Gasteiger partial charge in [0.2, 0.25) is 11.8 Å². The maximum atomic E-state index is 12.3. The molecule has 1 heterocycles. The van der Waals surface area contributed by atoms with Crippen molar-refractivity contribution in [1.82, 2.24) is 15.4 Å². The van der Waals surface area contributed by atoms with Crippen molar-refractivity contribution in [3.8, 4) is 0 Å². The fourth-order valence-corrected chi connectivity index (χ4v) is 2.94. The van der Waals surface area contributed by atoms with Gasteiger partial charge in [0, 0.05) is 43.0 Å². The first-order valence-corrected chi connectivity index (χ1v) is 9.30. The number of carbonyl (C=O) groups is 2. The van der Waals surface area contributed by atoms with E-state index in [1.807, 2.05) is 48.5 Å². The molecule has 0 radical (unpaired) electrons. The molecule has 3 aromatic rings. The third kappa shape index (κ3) is 5.28. The van der Waals surface area contributed by atoms with Crippen LogP contribution in [0.15, 0.2) is 60.8 Å². The molecule has 0 aliphatic heterocycles. The van der Waals surface area contributed by atoms with E-state index < -0.39 is 0 Å². The molecule has 0 bridgehead atoms. The highest BCUT2D eigenvalue weighted by Gasteiger charge is 2.12. The maximum Gasteiger partial charge on any atom is 0.233 e. The molecule has 2 N–H and O–H groups in total. The van der Waals surface area contributed by atoms with Gasteiger partial charge in [0.25, 0.3) is 0 Å². The third-order valence-electron chi connectivity index (χ3n) is 4.26. The predicted molar refractivity (Wildman–Crippen MR) is 111 cm³/mol. The smallest absolute Gasteiger partial charge is 0.233 e. The summed E-state index contributed by atoms with van der Waals surface area (Å²) >= 11 is 6.13. The molecule has 144 valence electrons. The summed E-state index contributed by atoms with van der Waals surface area (Å²) < 4.78 is 0. The highest BCUT2D eigenvalue weighted by molar-refractivity contribution is 6.31. The summed E-state index contributed by atoms with van der Waals surface area (Å²) in [6.07, 6.45) is 1.86. The van der Waals surface area contributed by atoms with E-state index in [0.717, 1.165) is 16.3 Å². The summed E-state index contributed by atoms with van der Waals surface area (Å²) in [6, 6.07) is 17.0. The number of hydrogen-bond acceptors (Lipinski definition) is 4. The average molecular weight is 397 g/mol. The summed E-state index contributed by atoms with van der Waals surface area (Å²) in [5.74, 6) is 0.0966. The summed E-state index contributed by atoms with van der Waals surface area (Å²) in [4.78, 5) is 28.4. The Morgan fingerprint density at radius 1 is 1.07 bits per heavy atom. The van der Waals surface area contributed by atoms with E-state index >= 15 is 0 Å². The Labute approximate surface area is 168 Å². The molecule has 0 aliphatic rings. The minimum absolute atomic E-state index is 0.142. The fraction of sp³-hybridized carbons (Fsp3) is 0.190. The Morgan fingerprint density at radius 3 is 2.54 bits per heavy atom. The van der Waals surface area contributed by atoms with Crippen LogP contribution in [0.2, 0.25) is 5.02 Å². The van der Waals surface area contributed by atoms with Crippen molar-refractivity contribution in [3.05, 3.63) is 71.4 Å². The number of hydrogen-bond donors (Lipinski definition) is 2. The van der Waals surface area contributed by atoms with Gasteiger partial charge in [-0.05, 0) is 23.1 Å². The molecular formula is C21H21ClN4O2. The zero-order valence-electron chi connectivity index (χ0n) is 15.5. The Morgan fingerprint density at radius 2 is 1.79 bits per heavy atom. The van der Waals surface area contributed by atoms with Crippen LogP contribution >= 0.6 is 11.6 Å². The molecule has 0 saturated carbocycles. The number of halogens is 1. The minimum atomic E-state index is -0.214. The molecule has 0 spiro atoms. The van der Waals surface area contributed by atoms with Gasteiger partial charge in [-0.25, -0.2) is 10.4 Å². The largest absolute Gasteiger partial charge is 0.311 e. The zero-order chi connectivity index (χ0) is 19.9. The van der Waals surface area contributed by atoms with Crippen LogP contribution in [0.4, 0.5) is 5.82 Å². The van der Waals surface area contributed by atoms with E-state index in [0.29, 0.717) is 17.4 Å². The van der Waals surface area contributed by atoms with E-state index in [-0.39, 0.29) is 24.8 Å². The Hall–Kier alpha value is -2.96. The number of nitrogens with zero attached hydrogens (tertiary/aromatic N) is 2. The molecule has 7 heteroatoms. The number of amides is 2. The lowest BCUT2D eigenvalue weighted by atomic mass is 10.2. The van der Waals surface area contributed by atoms with Gasteiger partial charge >= 0.3 is 0 Å². The zero-order valence-corrected chi connectivity index (χ0v) is 16.2. The molecule has 0 atom stereocenters. The number of carbonyl (C=O) groups excluding carboxylic acids is 2. The predicted octanol–water partition coefficient (Wildman–Crippen LogP) is 3.77. The van der Waals surface area contributed by atoms with Crippen LogP contribution < -0.4 is 10.7 Å². The number of pyridine rings is 1. The number of fused-ring (bicyclic) bond motifs is 1. The number of aromatic nitrogens is 1. The molecule has 3 rings (SSSR count). The lowest BCUT2D eigenvalue weighted by Gasteiger charge is -2.22. The van der Waals surface area contributed by atoms with Crippen molar-refractivity contribution in [2.45, 2.75) is 19.9 Å². The molecule has 2 aromatic carbocycles. The van der Waals surface area contributed by atoms with Crippen molar-refractivity contribution in [3.63, 3.8) is 0 Å². The monoisotopic (exact) mass is 396 g/mol. The van der Waals surface area contributed by atoms with Crippen LogP contribution in [0, 0.1) is 0 Å². The maximum absolute atomic E-state index is 12.3. The van der Waals surface area contributed by atoms with E-state index in [9.17, 15) is 9.59 Å². The average Bonchev–Trinajstić information content (AvgIpc) is 2.69. The van der Waals surface area contributed by atoms with Gasteiger partial charge in [-0.1, -0.05) is 54.1 Å². The normalized spacial score (nSPS) is 10.6. The molecular weight excluding hydrogens is 376 g/mol. The molecule has 28 heavy (non-hydrogen) atoms. The van der Waals surface area contributed by atoms with Gasteiger partial charge in [0.1, 0.15) is 5.82 Å². The van der Waals surface area contributed by atoms with Crippen LogP contribution in [0.25, 0.3) is 10.8 Å². The van der Waals surface area contributed by atoms with Crippen molar-refractivity contribution in [1.29, 1.82) is 0 Å². The van der Waals surface area contributed by atoms with Gasteiger partial charge in [0.15, 0.2) is 0 Å². The molecule has 0 saturated heterocycles. The Balaban J connectivity index is 1.54. The fourth-order valence-electron chi connectivity index (χ4n) is 2.74. The topological polar surface area (TPSA) is 74.3 Å². The highest BCUT2D eigenvalue weighted by atomic mass is 35.5. The number of benzene rings is 2. The van der Waals surface area contributed by atoms with Crippen LogP contribution in [0.1, 0.15) is 18.9 Å². The van der Waals surface area contributed by atoms with Crippen LogP contribution in [0.5, 0.6) is 0 Å². The van der Waals surface area contributed by atoms with Crippen molar-refractivity contribution < 1.29 is 9.59 Å². The van der Waals surface area contributed by atoms with Gasteiger partial charge in [0.05, 0.1) is 0 Å². The number of anilines is 1. The molecule has 0 fully saturated rings. The van der Waals surface area contributed by atoms with Crippen molar-refractivity contribution >= 4 is 40.0 Å². The summed E-state index contributed by atoms with van der Waals surface area (Å²) in [6.45, 7) is 2.08. The first-order valence-electron chi connectivity index (χ1n) is 8.92. The van der Waals surface area contributed by atoms with Gasteiger partial charge in [-0.15, -0.1) is 0 Å². The molecule has 0 unspecified atom stereocenters. The Bertz CT molecular complexity index is 993. The highest BCUT2D eigenvalue weighted by Crippen LogP contribution is 2.16. The van der Waals surface area contributed by atoms with Crippen LogP contribution in [-0.4, -0.2) is 28.4 Å². The second kappa shape index (κ2) is 9.30. The lowest BCUT2D eigenvalue weighted by molar-refractivity contribution is -0.132. The minimum Gasteiger partial charge on any atom is -0.311 e. The Kier molecular flexibility index (Phi) is 6.57. The molecule has 0 aliphatic carbocycles. The van der Waals surface area contributed by atoms with E-state index in [2.05, 4.69) is 15.7 Å². The number of nitrogens with one attached hydrogen (secondary N) is 2.